The van der Waals surface area contributed by atoms with Gasteiger partial charge in [-0.05, 0) is 37.5 Å². The van der Waals surface area contributed by atoms with Gasteiger partial charge in [-0.15, -0.1) is 24.8 Å². The number of anilines is 1. The van der Waals surface area contributed by atoms with Crippen molar-refractivity contribution in [1.82, 2.24) is 10.2 Å². The lowest BCUT2D eigenvalue weighted by Crippen LogP contribution is -2.45. The van der Waals surface area contributed by atoms with Gasteiger partial charge in [-0.3, -0.25) is 4.79 Å². The zero-order chi connectivity index (χ0) is 15.2. The molecule has 0 aliphatic carbocycles. The largest absolute Gasteiger partial charge is 0.399 e. The Kier molecular flexibility index (Phi) is 10.2. The molecular formula is C16H27Cl2N3O2. The van der Waals surface area contributed by atoms with Crippen molar-refractivity contribution >= 4 is 36.4 Å². The summed E-state index contributed by atoms with van der Waals surface area (Å²) in [7, 11) is 1.72. The summed E-state index contributed by atoms with van der Waals surface area (Å²) in [6, 6.07) is 5.70. The molecule has 3 N–H and O–H groups in total. The number of benzene rings is 1. The highest BCUT2D eigenvalue weighted by Crippen LogP contribution is 2.15. The van der Waals surface area contributed by atoms with Crippen molar-refractivity contribution in [1.29, 1.82) is 0 Å². The first kappa shape index (κ1) is 22.0. The van der Waals surface area contributed by atoms with E-state index >= 15 is 0 Å². The van der Waals surface area contributed by atoms with Crippen LogP contribution in [-0.4, -0.2) is 50.2 Å². The van der Waals surface area contributed by atoms with Crippen LogP contribution in [0.15, 0.2) is 18.2 Å². The predicted molar refractivity (Wildman–Crippen MR) is 98.9 cm³/mol. The van der Waals surface area contributed by atoms with Crippen LogP contribution in [0.3, 0.4) is 0 Å². The average molecular weight is 364 g/mol. The zero-order valence-corrected chi connectivity index (χ0v) is 15.3. The van der Waals surface area contributed by atoms with Gasteiger partial charge >= 0.3 is 0 Å². The number of amides is 1. The molecule has 0 saturated carbocycles. The van der Waals surface area contributed by atoms with Crippen molar-refractivity contribution in [3.05, 3.63) is 29.3 Å². The van der Waals surface area contributed by atoms with E-state index in [4.69, 9.17) is 10.5 Å². The fraction of sp³-hybridized carbons (Fsp3) is 0.562. The molecule has 1 aliphatic heterocycles. The van der Waals surface area contributed by atoms with Crippen molar-refractivity contribution < 1.29 is 9.53 Å². The Balaban J connectivity index is 0.00000242. The Morgan fingerprint density at radius 2 is 2.00 bits per heavy atom. The number of piperidine rings is 1. The second-order valence-corrected chi connectivity index (χ2v) is 5.66. The Labute approximate surface area is 150 Å². The third kappa shape index (κ3) is 6.55. The van der Waals surface area contributed by atoms with Gasteiger partial charge < -0.3 is 20.7 Å². The quantitative estimate of drug-likeness (QED) is 0.787. The van der Waals surface area contributed by atoms with Gasteiger partial charge in [-0.1, -0.05) is 6.07 Å². The molecule has 1 aromatic rings. The monoisotopic (exact) mass is 363 g/mol. The van der Waals surface area contributed by atoms with E-state index in [-0.39, 0.29) is 36.8 Å². The number of likely N-dealkylation sites (tertiary alicyclic amines) is 1. The van der Waals surface area contributed by atoms with Crippen LogP contribution in [0.2, 0.25) is 0 Å². The number of rotatable bonds is 5. The van der Waals surface area contributed by atoms with Crippen LogP contribution in [0.4, 0.5) is 5.69 Å². The molecule has 1 saturated heterocycles. The van der Waals surface area contributed by atoms with Gasteiger partial charge in [0.1, 0.15) is 0 Å². The van der Waals surface area contributed by atoms with Crippen molar-refractivity contribution in [2.45, 2.75) is 25.8 Å². The smallest absolute Gasteiger partial charge is 0.251 e. The first-order valence-corrected chi connectivity index (χ1v) is 7.48. The SMILES string of the molecule is COCCN1CCC(NC(=O)c2cc(N)ccc2C)CC1.Cl.Cl. The minimum atomic E-state index is -0.0184. The Bertz CT molecular complexity index is 492. The molecule has 23 heavy (non-hydrogen) atoms. The lowest BCUT2D eigenvalue weighted by molar-refractivity contribution is 0.0892. The second kappa shape index (κ2) is 10.7. The second-order valence-electron chi connectivity index (χ2n) is 5.66. The third-order valence-corrected chi connectivity index (χ3v) is 4.04. The van der Waals surface area contributed by atoms with Crippen molar-refractivity contribution in [3.63, 3.8) is 0 Å². The van der Waals surface area contributed by atoms with Gasteiger partial charge in [0.05, 0.1) is 6.61 Å². The number of hydrogen-bond acceptors (Lipinski definition) is 4. The number of hydrogen-bond donors (Lipinski definition) is 2. The maximum absolute atomic E-state index is 12.3. The Morgan fingerprint density at radius 1 is 1.35 bits per heavy atom. The molecule has 0 radical (unpaired) electrons. The number of carbonyl (C=O) groups excluding carboxylic acids is 1. The highest BCUT2D eigenvalue weighted by atomic mass is 35.5. The van der Waals surface area contributed by atoms with Crippen LogP contribution >= 0.6 is 24.8 Å². The highest BCUT2D eigenvalue weighted by Gasteiger charge is 2.21. The number of ether oxygens (including phenoxy) is 1. The molecule has 1 aromatic carbocycles. The van der Waals surface area contributed by atoms with Crippen LogP contribution in [0.5, 0.6) is 0 Å². The Hall–Kier alpha value is -1.01. The number of carbonyl (C=O) groups is 1. The van der Waals surface area contributed by atoms with E-state index in [1.54, 1.807) is 13.2 Å². The van der Waals surface area contributed by atoms with E-state index in [0.717, 1.165) is 44.6 Å². The lowest BCUT2D eigenvalue weighted by Gasteiger charge is -2.32. The summed E-state index contributed by atoms with van der Waals surface area (Å²) in [5, 5.41) is 3.13. The average Bonchev–Trinajstić information content (AvgIpc) is 2.49. The molecule has 0 bridgehead atoms. The molecule has 0 unspecified atom stereocenters. The molecule has 1 amide bonds. The Morgan fingerprint density at radius 3 is 2.61 bits per heavy atom. The minimum Gasteiger partial charge on any atom is -0.399 e. The maximum atomic E-state index is 12.3. The van der Waals surface area contributed by atoms with E-state index < -0.39 is 0 Å². The molecule has 7 heteroatoms. The van der Waals surface area contributed by atoms with Crippen molar-refractivity contribution in [3.8, 4) is 0 Å². The minimum absolute atomic E-state index is 0. The normalized spacial score (nSPS) is 15.4. The van der Waals surface area contributed by atoms with Crippen molar-refractivity contribution in [2.75, 3.05) is 39.1 Å². The van der Waals surface area contributed by atoms with E-state index in [1.807, 2.05) is 19.1 Å². The lowest BCUT2D eigenvalue weighted by atomic mass is 10.0. The summed E-state index contributed by atoms with van der Waals surface area (Å²) in [6.07, 6.45) is 1.97. The van der Waals surface area contributed by atoms with Gasteiger partial charge in [0.15, 0.2) is 0 Å². The number of nitrogen functional groups attached to an aromatic ring is 1. The fourth-order valence-corrected chi connectivity index (χ4v) is 2.67. The highest BCUT2D eigenvalue weighted by molar-refractivity contribution is 5.96. The molecule has 2 rings (SSSR count). The number of aryl methyl sites for hydroxylation is 1. The summed E-state index contributed by atoms with van der Waals surface area (Å²) in [4.78, 5) is 14.7. The molecular weight excluding hydrogens is 337 g/mol. The maximum Gasteiger partial charge on any atom is 0.251 e. The van der Waals surface area contributed by atoms with E-state index in [2.05, 4.69) is 10.2 Å². The molecule has 1 aliphatic rings. The molecule has 0 spiro atoms. The molecule has 0 aromatic heterocycles. The summed E-state index contributed by atoms with van der Waals surface area (Å²) in [5.41, 5.74) is 8.02. The molecule has 0 atom stereocenters. The molecule has 132 valence electrons. The van der Waals surface area contributed by atoms with Crippen LogP contribution in [0.1, 0.15) is 28.8 Å². The number of methoxy groups -OCH3 is 1. The summed E-state index contributed by atoms with van der Waals surface area (Å²) in [6.45, 7) is 5.67. The number of nitrogens with two attached hydrogens (primary N) is 1. The van der Waals surface area contributed by atoms with Gasteiger partial charge in [-0.25, -0.2) is 0 Å². The van der Waals surface area contributed by atoms with E-state index in [0.29, 0.717) is 11.3 Å². The van der Waals surface area contributed by atoms with Crippen LogP contribution in [0.25, 0.3) is 0 Å². The standard InChI is InChI=1S/C16H25N3O2.2ClH/c1-12-3-4-13(17)11-15(12)16(20)18-14-5-7-19(8-6-14)9-10-21-2;;/h3-4,11,14H,5-10,17H2,1-2H3,(H,18,20);2*1H. The van der Waals surface area contributed by atoms with Gasteiger partial charge in [-0.2, -0.15) is 0 Å². The van der Waals surface area contributed by atoms with Crippen LogP contribution in [0, 0.1) is 6.92 Å². The fourth-order valence-electron chi connectivity index (χ4n) is 2.67. The summed E-state index contributed by atoms with van der Waals surface area (Å²) >= 11 is 0. The summed E-state index contributed by atoms with van der Waals surface area (Å²) in [5.74, 6) is -0.0184. The van der Waals surface area contributed by atoms with Gasteiger partial charge in [0.2, 0.25) is 0 Å². The number of halogens is 2. The van der Waals surface area contributed by atoms with Crippen LogP contribution in [-0.2, 0) is 4.74 Å². The number of nitrogens with zero attached hydrogens (tertiary/aromatic N) is 1. The topological polar surface area (TPSA) is 67.6 Å². The third-order valence-electron chi connectivity index (χ3n) is 4.04. The van der Waals surface area contributed by atoms with Gasteiger partial charge in [0.25, 0.3) is 5.91 Å². The van der Waals surface area contributed by atoms with E-state index in [1.165, 1.54) is 0 Å². The number of nitrogens with one attached hydrogen (secondary N) is 1. The molecule has 1 fully saturated rings. The van der Waals surface area contributed by atoms with E-state index in [9.17, 15) is 4.79 Å². The first-order valence-electron chi connectivity index (χ1n) is 7.48. The summed E-state index contributed by atoms with van der Waals surface area (Å²) < 4.78 is 5.09. The van der Waals surface area contributed by atoms with Crippen molar-refractivity contribution in [2.24, 2.45) is 0 Å². The molecule has 1 heterocycles. The van der Waals surface area contributed by atoms with Crippen LogP contribution < -0.4 is 11.1 Å². The molecule has 5 nitrogen and oxygen atoms in total. The zero-order valence-electron chi connectivity index (χ0n) is 13.7. The first-order chi connectivity index (χ1) is 10.1. The van der Waals surface area contributed by atoms with Gasteiger partial charge in [0, 0.05) is 44.0 Å². The predicted octanol–water partition coefficient (Wildman–Crippen LogP) is 2.26.